The van der Waals surface area contributed by atoms with Gasteiger partial charge in [0.1, 0.15) is 5.82 Å². The molecule has 1 fully saturated rings. The molecule has 1 aliphatic heterocycles. The molecule has 11 heteroatoms. The summed E-state index contributed by atoms with van der Waals surface area (Å²) in [5, 5.41) is 2.93. The minimum atomic E-state index is -4.50. The molecule has 0 bridgehead atoms. The summed E-state index contributed by atoms with van der Waals surface area (Å²) in [7, 11) is 3.93. The van der Waals surface area contributed by atoms with Gasteiger partial charge in [0, 0.05) is 25.7 Å². The van der Waals surface area contributed by atoms with Crippen LogP contribution in [0.5, 0.6) is 6.01 Å². The first-order valence-electron chi connectivity index (χ1n) is 9.05. The van der Waals surface area contributed by atoms with E-state index in [0.717, 1.165) is 12.0 Å². The van der Waals surface area contributed by atoms with Crippen molar-refractivity contribution in [3.63, 3.8) is 0 Å². The molecule has 158 valence electrons. The standard InChI is InChI=1S/C18H22F4N6O/c1-27(2)14-7-8-28(10-14)16-24-15(23-9-12-3-5-13(19)6-4-12)25-17(26-16)29-11-18(20,21)22/h3-6,14H,7-11H2,1-2H3,(H,23,24,25,26). The van der Waals surface area contributed by atoms with Crippen LogP contribution in [0.25, 0.3) is 0 Å². The number of halogens is 4. The van der Waals surface area contributed by atoms with Gasteiger partial charge in [-0.15, -0.1) is 0 Å². The molecule has 1 atom stereocenters. The van der Waals surface area contributed by atoms with Crippen molar-refractivity contribution in [1.29, 1.82) is 0 Å². The molecular weight excluding hydrogens is 392 g/mol. The average Bonchev–Trinajstić information content (AvgIpc) is 3.16. The summed E-state index contributed by atoms with van der Waals surface area (Å²) in [6, 6.07) is 5.71. The molecule has 0 saturated carbocycles. The third-order valence-electron chi connectivity index (χ3n) is 4.51. The summed E-state index contributed by atoms with van der Waals surface area (Å²) in [6.07, 6.45) is -3.62. The Bertz CT molecular complexity index is 815. The smallest absolute Gasteiger partial charge is 0.422 e. The molecule has 1 saturated heterocycles. The number of ether oxygens (including phenoxy) is 1. The Labute approximate surface area is 165 Å². The van der Waals surface area contributed by atoms with Crippen LogP contribution in [0.15, 0.2) is 24.3 Å². The maximum Gasteiger partial charge on any atom is 0.422 e. The molecule has 2 heterocycles. The molecule has 3 rings (SSSR count). The van der Waals surface area contributed by atoms with Gasteiger partial charge >= 0.3 is 12.2 Å². The van der Waals surface area contributed by atoms with Crippen molar-refractivity contribution in [3.05, 3.63) is 35.6 Å². The molecule has 1 N–H and O–H groups in total. The highest BCUT2D eigenvalue weighted by molar-refractivity contribution is 5.40. The molecule has 1 aromatic carbocycles. The first-order chi connectivity index (χ1) is 13.7. The fourth-order valence-electron chi connectivity index (χ4n) is 2.91. The van der Waals surface area contributed by atoms with Crippen molar-refractivity contribution >= 4 is 11.9 Å². The van der Waals surface area contributed by atoms with Crippen LogP contribution >= 0.6 is 0 Å². The van der Waals surface area contributed by atoms with Crippen LogP contribution in [-0.2, 0) is 6.54 Å². The number of hydrogen-bond acceptors (Lipinski definition) is 7. The number of likely N-dealkylation sites (N-methyl/N-ethyl adjacent to an activating group) is 1. The van der Waals surface area contributed by atoms with Crippen molar-refractivity contribution in [2.24, 2.45) is 0 Å². The highest BCUT2D eigenvalue weighted by Crippen LogP contribution is 2.23. The molecular formula is C18H22F4N6O. The quantitative estimate of drug-likeness (QED) is 0.699. The van der Waals surface area contributed by atoms with E-state index in [-0.39, 0.29) is 24.3 Å². The molecule has 29 heavy (non-hydrogen) atoms. The van der Waals surface area contributed by atoms with E-state index < -0.39 is 18.8 Å². The Hall–Kier alpha value is -2.69. The van der Waals surface area contributed by atoms with Crippen molar-refractivity contribution < 1.29 is 22.3 Å². The highest BCUT2D eigenvalue weighted by atomic mass is 19.4. The van der Waals surface area contributed by atoms with E-state index in [1.807, 2.05) is 19.0 Å². The third-order valence-corrected chi connectivity index (χ3v) is 4.51. The Morgan fingerprint density at radius 3 is 2.52 bits per heavy atom. The van der Waals surface area contributed by atoms with E-state index in [1.54, 1.807) is 12.1 Å². The van der Waals surface area contributed by atoms with Crippen LogP contribution in [0.3, 0.4) is 0 Å². The van der Waals surface area contributed by atoms with Gasteiger partial charge in [0.25, 0.3) is 0 Å². The second-order valence-electron chi connectivity index (χ2n) is 6.98. The largest absolute Gasteiger partial charge is 0.454 e. The van der Waals surface area contributed by atoms with Crippen LogP contribution in [-0.4, -0.2) is 65.9 Å². The minimum Gasteiger partial charge on any atom is -0.454 e. The average molecular weight is 414 g/mol. The lowest BCUT2D eigenvalue weighted by Crippen LogP contribution is -2.32. The van der Waals surface area contributed by atoms with Gasteiger partial charge in [-0.05, 0) is 38.2 Å². The van der Waals surface area contributed by atoms with Crippen LogP contribution in [0.1, 0.15) is 12.0 Å². The van der Waals surface area contributed by atoms with Crippen molar-refractivity contribution in [3.8, 4) is 6.01 Å². The van der Waals surface area contributed by atoms with Gasteiger partial charge in [0.05, 0.1) is 0 Å². The third kappa shape index (κ3) is 6.14. The summed E-state index contributed by atoms with van der Waals surface area (Å²) in [4.78, 5) is 16.3. The second kappa shape index (κ2) is 8.76. The number of alkyl halides is 3. The van der Waals surface area contributed by atoms with Crippen molar-refractivity contribution in [2.45, 2.75) is 25.2 Å². The predicted molar refractivity (Wildman–Crippen MR) is 99.4 cm³/mol. The number of anilines is 2. The number of nitrogens with one attached hydrogen (secondary N) is 1. The van der Waals surface area contributed by atoms with E-state index >= 15 is 0 Å². The van der Waals surface area contributed by atoms with Crippen molar-refractivity contribution in [1.82, 2.24) is 19.9 Å². The van der Waals surface area contributed by atoms with Crippen LogP contribution in [0.2, 0.25) is 0 Å². The van der Waals surface area contributed by atoms with E-state index in [2.05, 4.69) is 25.2 Å². The summed E-state index contributed by atoms with van der Waals surface area (Å²) >= 11 is 0. The summed E-state index contributed by atoms with van der Waals surface area (Å²) in [5.74, 6) is -0.0172. The predicted octanol–water partition coefficient (Wildman–Crippen LogP) is 2.70. The Balaban J connectivity index is 1.77. The maximum absolute atomic E-state index is 13.0. The molecule has 2 aromatic rings. The topological polar surface area (TPSA) is 66.4 Å². The van der Waals surface area contributed by atoms with Crippen LogP contribution in [0, 0.1) is 5.82 Å². The number of rotatable bonds is 7. The van der Waals surface area contributed by atoms with Gasteiger partial charge in [-0.25, -0.2) is 4.39 Å². The van der Waals surface area contributed by atoms with Gasteiger partial charge in [-0.2, -0.15) is 28.1 Å². The monoisotopic (exact) mass is 414 g/mol. The van der Waals surface area contributed by atoms with Gasteiger partial charge in [-0.1, -0.05) is 12.1 Å². The van der Waals surface area contributed by atoms with Crippen LogP contribution < -0.4 is 15.0 Å². The fraction of sp³-hybridized carbons (Fsp3) is 0.500. The molecule has 7 nitrogen and oxygen atoms in total. The van der Waals surface area contributed by atoms with E-state index in [9.17, 15) is 17.6 Å². The lowest BCUT2D eigenvalue weighted by molar-refractivity contribution is -0.154. The molecule has 0 spiro atoms. The van der Waals surface area contributed by atoms with Crippen molar-refractivity contribution in [2.75, 3.05) is 44.0 Å². The first kappa shape index (κ1) is 21.0. The molecule has 0 aliphatic carbocycles. The van der Waals surface area contributed by atoms with Gasteiger partial charge < -0.3 is 19.9 Å². The SMILES string of the molecule is CN(C)C1CCN(c2nc(NCc3ccc(F)cc3)nc(OCC(F)(F)F)n2)C1. The number of nitrogens with zero attached hydrogens (tertiary/aromatic N) is 5. The fourth-order valence-corrected chi connectivity index (χ4v) is 2.91. The van der Waals surface area contributed by atoms with E-state index in [4.69, 9.17) is 4.74 Å². The normalized spacial score (nSPS) is 17.1. The summed E-state index contributed by atoms with van der Waals surface area (Å²) in [5.41, 5.74) is 0.764. The second-order valence-corrected chi connectivity index (χ2v) is 6.98. The summed E-state index contributed by atoms with van der Waals surface area (Å²) < 4.78 is 55.3. The first-order valence-corrected chi connectivity index (χ1v) is 9.05. The number of benzene rings is 1. The molecule has 0 radical (unpaired) electrons. The number of aromatic nitrogens is 3. The Morgan fingerprint density at radius 1 is 1.17 bits per heavy atom. The number of hydrogen-bond donors (Lipinski definition) is 1. The molecule has 1 aliphatic rings. The minimum absolute atomic E-state index is 0.0878. The molecule has 1 unspecified atom stereocenters. The molecule has 0 amide bonds. The van der Waals surface area contributed by atoms with E-state index in [1.165, 1.54) is 12.1 Å². The zero-order valence-electron chi connectivity index (χ0n) is 16.1. The van der Waals surface area contributed by atoms with E-state index in [0.29, 0.717) is 19.1 Å². The zero-order chi connectivity index (χ0) is 21.0. The van der Waals surface area contributed by atoms with Gasteiger partial charge in [0.2, 0.25) is 11.9 Å². The summed E-state index contributed by atoms with van der Waals surface area (Å²) in [6.45, 7) is 0.0903. The zero-order valence-corrected chi connectivity index (χ0v) is 16.1. The highest BCUT2D eigenvalue weighted by Gasteiger charge is 2.30. The maximum atomic E-state index is 13.0. The lowest BCUT2D eigenvalue weighted by atomic mass is 10.2. The van der Waals surface area contributed by atoms with Gasteiger partial charge in [0.15, 0.2) is 6.61 Å². The van der Waals surface area contributed by atoms with Crippen LogP contribution in [0.4, 0.5) is 29.5 Å². The molecule has 1 aromatic heterocycles. The Morgan fingerprint density at radius 2 is 1.90 bits per heavy atom. The van der Waals surface area contributed by atoms with Gasteiger partial charge in [-0.3, -0.25) is 0 Å². The Kier molecular flexibility index (Phi) is 6.36. The lowest BCUT2D eigenvalue weighted by Gasteiger charge is -2.21.